The van der Waals surface area contributed by atoms with E-state index in [-0.39, 0.29) is 18.5 Å². The van der Waals surface area contributed by atoms with Gasteiger partial charge in [-0.15, -0.1) is 0 Å². The van der Waals surface area contributed by atoms with Gasteiger partial charge in [0.05, 0.1) is 12.0 Å². The molecule has 26 heavy (non-hydrogen) atoms. The molecule has 1 heterocycles. The Morgan fingerprint density at radius 2 is 1.96 bits per heavy atom. The summed E-state index contributed by atoms with van der Waals surface area (Å²) in [5.41, 5.74) is 2.08. The Morgan fingerprint density at radius 1 is 1.27 bits per heavy atom. The molecule has 2 aliphatic rings. The van der Waals surface area contributed by atoms with Crippen molar-refractivity contribution in [2.75, 3.05) is 26.2 Å². The third kappa shape index (κ3) is 3.63. The van der Waals surface area contributed by atoms with E-state index in [0.29, 0.717) is 0 Å². The molecular formula is C21H30N2O3. The number of fused-ring (bicyclic) bond motifs is 1. The van der Waals surface area contributed by atoms with Gasteiger partial charge < -0.3 is 10.0 Å². The van der Waals surface area contributed by atoms with E-state index in [1.54, 1.807) is 0 Å². The zero-order valence-electron chi connectivity index (χ0n) is 15.9. The number of piperidine rings is 1. The molecule has 0 spiro atoms. The van der Waals surface area contributed by atoms with Gasteiger partial charge in [-0.05, 0) is 56.7 Å². The predicted molar refractivity (Wildman–Crippen MR) is 101 cm³/mol. The van der Waals surface area contributed by atoms with Gasteiger partial charge in [0.15, 0.2) is 0 Å². The predicted octanol–water partition coefficient (Wildman–Crippen LogP) is 2.68. The van der Waals surface area contributed by atoms with E-state index >= 15 is 0 Å². The molecule has 3 rings (SSSR count). The number of aliphatic carboxylic acids is 1. The van der Waals surface area contributed by atoms with Crippen molar-refractivity contribution in [3.63, 3.8) is 0 Å². The van der Waals surface area contributed by atoms with Crippen molar-refractivity contribution in [1.82, 2.24) is 9.80 Å². The van der Waals surface area contributed by atoms with Crippen LogP contribution >= 0.6 is 0 Å². The van der Waals surface area contributed by atoms with E-state index in [0.717, 1.165) is 51.7 Å². The highest BCUT2D eigenvalue weighted by molar-refractivity contribution is 5.88. The van der Waals surface area contributed by atoms with Crippen LogP contribution in [0.25, 0.3) is 0 Å². The van der Waals surface area contributed by atoms with E-state index < -0.39 is 11.4 Å². The molecule has 142 valence electrons. The molecule has 1 amide bonds. The second kappa shape index (κ2) is 7.78. The normalized spacial score (nSPS) is 23.7. The number of likely N-dealkylation sites (tertiary alicyclic amines) is 1. The third-order valence-corrected chi connectivity index (χ3v) is 6.22. The Kier molecular flexibility index (Phi) is 5.66. The minimum Gasteiger partial charge on any atom is -0.480 e. The largest absolute Gasteiger partial charge is 0.480 e. The quantitative estimate of drug-likeness (QED) is 0.879. The van der Waals surface area contributed by atoms with Gasteiger partial charge in [0.1, 0.15) is 0 Å². The van der Waals surface area contributed by atoms with Gasteiger partial charge in [0, 0.05) is 19.1 Å². The molecule has 5 nitrogen and oxygen atoms in total. The smallest absolute Gasteiger partial charge is 0.317 e. The van der Waals surface area contributed by atoms with Gasteiger partial charge in [0.2, 0.25) is 5.91 Å². The third-order valence-electron chi connectivity index (χ3n) is 6.22. The van der Waals surface area contributed by atoms with Crippen LogP contribution in [0.2, 0.25) is 0 Å². The van der Waals surface area contributed by atoms with E-state index in [1.807, 2.05) is 22.8 Å². The number of nitrogens with zero attached hydrogens (tertiary/aromatic N) is 2. The molecule has 0 saturated carbocycles. The SMILES string of the molecule is CCN(CC(=O)O)C1CCN(C(=O)C2(C)CCCc3ccccc32)CC1. The number of carbonyl (C=O) groups is 2. The summed E-state index contributed by atoms with van der Waals surface area (Å²) in [5.74, 6) is -0.541. The second-order valence-electron chi connectivity index (χ2n) is 7.82. The lowest BCUT2D eigenvalue weighted by Crippen LogP contribution is -2.53. The Morgan fingerprint density at radius 3 is 2.62 bits per heavy atom. The highest BCUT2D eigenvalue weighted by atomic mass is 16.4. The number of hydrogen-bond donors (Lipinski definition) is 1. The number of carboxylic acids is 1. The van der Waals surface area contributed by atoms with Crippen molar-refractivity contribution in [3.05, 3.63) is 35.4 Å². The first-order valence-corrected chi connectivity index (χ1v) is 9.79. The number of rotatable bonds is 5. The van der Waals surface area contributed by atoms with Crippen molar-refractivity contribution in [1.29, 1.82) is 0 Å². The van der Waals surface area contributed by atoms with E-state index in [9.17, 15) is 9.59 Å². The highest BCUT2D eigenvalue weighted by Crippen LogP contribution is 2.39. The van der Waals surface area contributed by atoms with Crippen molar-refractivity contribution in [2.24, 2.45) is 0 Å². The maximum atomic E-state index is 13.4. The zero-order chi connectivity index (χ0) is 18.7. The zero-order valence-corrected chi connectivity index (χ0v) is 15.9. The van der Waals surface area contributed by atoms with Crippen molar-refractivity contribution >= 4 is 11.9 Å². The minimum absolute atomic E-state index is 0.0835. The highest BCUT2D eigenvalue weighted by Gasteiger charge is 2.42. The van der Waals surface area contributed by atoms with Crippen LogP contribution in [0.5, 0.6) is 0 Å². The van der Waals surface area contributed by atoms with Gasteiger partial charge in [-0.1, -0.05) is 31.2 Å². The molecule has 1 saturated heterocycles. The molecule has 0 radical (unpaired) electrons. The van der Waals surface area contributed by atoms with Crippen LogP contribution in [0.15, 0.2) is 24.3 Å². The topological polar surface area (TPSA) is 60.9 Å². The lowest BCUT2D eigenvalue weighted by atomic mass is 9.70. The standard InChI is InChI=1S/C21H30N2O3/c1-3-22(15-19(24)25)17-10-13-23(14-11-17)20(26)21(2)12-6-8-16-7-4-5-9-18(16)21/h4-5,7,9,17H,3,6,8,10-15H2,1-2H3,(H,24,25). The summed E-state index contributed by atoms with van der Waals surface area (Å²) in [6.45, 7) is 6.35. The van der Waals surface area contributed by atoms with Crippen molar-refractivity contribution in [2.45, 2.75) is 57.4 Å². The molecule has 1 aromatic rings. The number of benzene rings is 1. The van der Waals surface area contributed by atoms with E-state index in [1.165, 1.54) is 11.1 Å². The van der Waals surface area contributed by atoms with E-state index in [4.69, 9.17) is 5.11 Å². The average Bonchev–Trinajstić information content (AvgIpc) is 2.66. The van der Waals surface area contributed by atoms with Gasteiger partial charge in [-0.3, -0.25) is 14.5 Å². The molecule has 1 aliphatic carbocycles. The Hall–Kier alpha value is -1.88. The number of amides is 1. The average molecular weight is 358 g/mol. The Balaban J connectivity index is 1.68. The molecule has 1 unspecified atom stereocenters. The van der Waals surface area contributed by atoms with Gasteiger partial charge in [0.25, 0.3) is 0 Å². The van der Waals surface area contributed by atoms with Crippen LogP contribution in [-0.2, 0) is 21.4 Å². The van der Waals surface area contributed by atoms with Gasteiger partial charge in [-0.2, -0.15) is 0 Å². The molecule has 1 N–H and O–H groups in total. The molecule has 0 bridgehead atoms. The molecular weight excluding hydrogens is 328 g/mol. The van der Waals surface area contributed by atoms with Gasteiger partial charge in [-0.25, -0.2) is 0 Å². The van der Waals surface area contributed by atoms with Crippen LogP contribution in [0, 0.1) is 0 Å². The molecule has 5 heteroatoms. The fourth-order valence-corrected chi connectivity index (χ4v) is 4.72. The molecule has 1 fully saturated rings. The van der Waals surface area contributed by atoms with Crippen LogP contribution in [0.1, 0.15) is 50.7 Å². The fraction of sp³-hybridized carbons (Fsp3) is 0.619. The summed E-state index contributed by atoms with van der Waals surface area (Å²) in [6, 6.07) is 8.61. The van der Waals surface area contributed by atoms with Crippen molar-refractivity contribution < 1.29 is 14.7 Å². The molecule has 1 aliphatic heterocycles. The molecule has 1 aromatic carbocycles. The summed E-state index contributed by atoms with van der Waals surface area (Å²) < 4.78 is 0. The Labute approximate surface area is 156 Å². The van der Waals surface area contributed by atoms with Crippen molar-refractivity contribution in [3.8, 4) is 0 Å². The lowest BCUT2D eigenvalue weighted by molar-refractivity contribution is -0.142. The second-order valence-corrected chi connectivity index (χ2v) is 7.82. The van der Waals surface area contributed by atoms with Crippen LogP contribution in [0.3, 0.4) is 0 Å². The summed E-state index contributed by atoms with van der Waals surface area (Å²) in [7, 11) is 0. The summed E-state index contributed by atoms with van der Waals surface area (Å²) >= 11 is 0. The summed E-state index contributed by atoms with van der Waals surface area (Å²) in [4.78, 5) is 28.4. The molecule has 0 aromatic heterocycles. The first-order valence-electron chi connectivity index (χ1n) is 9.79. The lowest BCUT2D eigenvalue weighted by Gasteiger charge is -2.43. The first-order chi connectivity index (χ1) is 12.5. The minimum atomic E-state index is -0.781. The van der Waals surface area contributed by atoms with Crippen LogP contribution < -0.4 is 0 Å². The van der Waals surface area contributed by atoms with Crippen LogP contribution in [0.4, 0.5) is 0 Å². The summed E-state index contributed by atoms with van der Waals surface area (Å²) in [5, 5.41) is 9.08. The maximum Gasteiger partial charge on any atom is 0.317 e. The fourth-order valence-electron chi connectivity index (χ4n) is 4.72. The Bertz CT molecular complexity index is 667. The number of carboxylic acid groups (broad SMARTS) is 1. The number of likely N-dealkylation sites (N-methyl/N-ethyl adjacent to an activating group) is 1. The number of aryl methyl sites for hydroxylation is 1. The van der Waals surface area contributed by atoms with Crippen LogP contribution in [-0.4, -0.2) is 59.0 Å². The first kappa shape index (κ1) is 18.9. The monoisotopic (exact) mass is 358 g/mol. The summed E-state index contributed by atoms with van der Waals surface area (Å²) in [6.07, 6.45) is 4.72. The number of hydrogen-bond acceptors (Lipinski definition) is 3. The molecule has 1 atom stereocenters. The van der Waals surface area contributed by atoms with Gasteiger partial charge >= 0.3 is 5.97 Å². The maximum absolute atomic E-state index is 13.4. The van der Waals surface area contributed by atoms with E-state index in [2.05, 4.69) is 25.1 Å². The number of carbonyl (C=O) groups excluding carboxylic acids is 1.